The summed E-state index contributed by atoms with van der Waals surface area (Å²) in [6.07, 6.45) is 3.84. The van der Waals surface area contributed by atoms with Gasteiger partial charge in [0.15, 0.2) is 0 Å². The predicted octanol–water partition coefficient (Wildman–Crippen LogP) is -0.338. The average molecular weight is 220 g/mol. The average Bonchev–Trinajstić information content (AvgIpc) is 2.73. The molecule has 1 aliphatic heterocycles. The Morgan fingerprint density at radius 3 is 3.00 bits per heavy atom. The second kappa shape index (κ2) is 3.99. The fourth-order valence-corrected chi connectivity index (χ4v) is 2.74. The standard InChI is InChI=1S/C11H16N4O/c16-11-13-7-8-9(14-11)1-2-10(8)15-5-3-12-4-6-15/h7,10,12H,1-6H2,(H,13,14,16). The molecule has 5 nitrogen and oxygen atoms in total. The van der Waals surface area contributed by atoms with E-state index in [2.05, 4.69) is 20.2 Å². The number of hydrogen-bond acceptors (Lipinski definition) is 4. The van der Waals surface area contributed by atoms with Crippen LogP contribution in [0, 0.1) is 0 Å². The molecule has 0 bridgehead atoms. The highest BCUT2D eigenvalue weighted by atomic mass is 16.1. The third kappa shape index (κ3) is 1.66. The Balaban J connectivity index is 1.87. The summed E-state index contributed by atoms with van der Waals surface area (Å²) in [4.78, 5) is 20.3. The number of H-pyrrole nitrogens is 1. The fourth-order valence-electron chi connectivity index (χ4n) is 2.74. The van der Waals surface area contributed by atoms with Crippen LogP contribution in [0.3, 0.4) is 0 Å². The summed E-state index contributed by atoms with van der Waals surface area (Å²) >= 11 is 0. The van der Waals surface area contributed by atoms with Gasteiger partial charge in [-0.25, -0.2) is 9.78 Å². The third-order valence-electron chi connectivity index (χ3n) is 3.55. The van der Waals surface area contributed by atoms with Crippen molar-refractivity contribution in [2.75, 3.05) is 26.2 Å². The van der Waals surface area contributed by atoms with E-state index in [1.807, 2.05) is 0 Å². The first kappa shape index (κ1) is 9.99. The second-order valence-electron chi connectivity index (χ2n) is 4.46. The summed E-state index contributed by atoms with van der Waals surface area (Å²) in [6, 6.07) is 0.460. The van der Waals surface area contributed by atoms with E-state index >= 15 is 0 Å². The van der Waals surface area contributed by atoms with Crippen molar-refractivity contribution in [2.45, 2.75) is 18.9 Å². The Kier molecular flexibility index (Phi) is 2.49. The molecule has 3 rings (SSSR count). The first-order valence-corrected chi connectivity index (χ1v) is 5.87. The SMILES string of the molecule is O=c1ncc2c([nH]1)CCC2N1CCNCC1. The van der Waals surface area contributed by atoms with Gasteiger partial charge in [0.05, 0.1) is 0 Å². The molecule has 16 heavy (non-hydrogen) atoms. The van der Waals surface area contributed by atoms with Gasteiger partial charge in [-0.1, -0.05) is 0 Å². The molecule has 2 aliphatic rings. The van der Waals surface area contributed by atoms with E-state index in [4.69, 9.17) is 0 Å². The van der Waals surface area contributed by atoms with E-state index in [0.29, 0.717) is 6.04 Å². The third-order valence-corrected chi connectivity index (χ3v) is 3.55. The lowest BCUT2D eigenvalue weighted by molar-refractivity contribution is 0.173. The molecule has 86 valence electrons. The normalized spacial score (nSPS) is 25.6. The van der Waals surface area contributed by atoms with Crippen LogP contribution >= 0.6 is 0 Å². The van der Waals surface area contributed by atoms with Crippen LogP contribution in [-0.4, -0.2) is 41.0 Å². The van der Waals surface area contributed by atoms with E-state index in [0.717, 1.165) is 44.7 Å². The van der Waals surface area contributed by atoms with Gasteiger partial charge in [0.25, 0.3) is 0 Å². The quantitative estimate of drug-likeness (QED) is 0.680. The zero-order chi connectivity index (χ0) is 11.0. The number of nitrogens with one attached hydrogen (secondary N) is 2. The summed E-state index contributed by atoms with van der Waals surface area (Å²) in [5.74, 6) is 0. The number of piperazine rings is 1. The molecule has 5 heteroatoms. The van der Waals surface area contributed by atoms with Crippen molar-refractivity contribution in [1.82, 2.24) is 20.2 Å². The molecular formula is C11H16N4O. The summed E-state index contributed by atoms with van der Waals surface area (Å²) < 4.78 is 0. The Morgan fingerprint density at radius 2 is 2.19 bits per heavy atom. The number of aryl methyl sites for hydroxylation is 1. The van der Waals surface area contributed by atoms with Gasteiger partial charge in [0, 0.05) is 49.7 Å². The van der Waals surface area contributed by atoms with Gasteiger partial charge in [-0.2, -0.15) is 0 Å². The van der Waals surface area contributed by atoms with Gasteiger partial charge in [0.1, 0.15) is 0 Å². The number of hydrogen-bond donors (Lipinski definition) is 2. The van der Waals surface area contributed by atoms with Gasteiger partial charge in [-0.15, -0.1) is 0 Å². The van der Waals surface area contributed by atoms with Crippen LogP contribution in [0.2, 0.25) is 0 Å². The van der Waals surface area contributed by atoms with E-state index < -0.39 is 0 Å². The van der Waals surface area contributed by atoms with E-state index in [1.54, 1.807) is 6.20 Å². The molecule has 0 amide bonds. The van der Waals surface area contributed by atoms with Crippen LogP contribution in [0.1, 0.15) is 23.7 Å². The molecule has 1 saturated heterocycles. The van der Waals surface area contributed by atoms with Gasteiger partial charge in [-0.3, -0.25) is 4.90 Å². The first-order valence-electron chi connectivity index (χ1n) is 5.87. The topological polar surface area (TPSA) is 61.0 Å². The Morgan fingerprint density at radius 1 is 1.38 bits per heavy atom. The Hall–Kier alpha value is -1.20. The number of aromatic amines is 1. The lowest BCUT2D eigenvalue weighted by Crippen LogP contribution is -2.44. The molecule has 0 saturated carbocycles. The van der Waals surface area contributed by atoms with Gasteiger partial charge in [-0.05, 0) is 12.8 Å². The molecule has 2 N–H and O–H groups in total. The Bertz CT molecular complexity index is 436. The van der Waals surface area contributed by atoms with Crippen molar-refractivity contribution in [3.05, 3.63) is 27.9 Å². The highest BCUT2D eigenvalue weighted by Gasteiger charge is 2.29. The number of nitrogens with zero attached hydrogens (tertiary/aromatic N) is 2. The highest BCUT2D eigenvalue weighted by Crippen LogP contribution is 2.33. The van der Waals surface area contributed by atoms with Crippen LogP contribution in [0.4, 0.5) is 0 Å². The maximum absolute atomic E-state index is 11.1. The van der Waals surface area contributed by atoms with Crippen molar-refractivity contribution in [3.63, 3.8) is 0 Å². The monoisotopic (exact) mass is 220 g/mol. The molecular weight excluding hydrogens is 204 g/mol. The van der Waals surface area contributed by atoms with Crippen molar-refractivity contribution in [1.29, 1.82) is 0 Å². The lowest BCUT2D eigenvalue weighted by Gasteiger charge is -2.32. The highest BCUT2D eigenvalue weighted by molar-refractivity contribution is 5.26. The zero-order valence-electron chi connectivity index (χ0n) is 9.20. The molecule has 1 aromatic heterocycles. The van der Waals surface area contributed by atoms with Crippen molar-refractivity contribution in [2.24, 2.45) is 0 Å². The van der Waals surface area contributed by atoms with Crippen LogP contribution in [0.5, 0.6) is 0 Å². The number of rotatable bonds is 1. The molecule has 1 aliphatic carbocycles. The minimum atomic E-state index is -0.222. The maximum Gasteiger partial charge on any atom is 0.345 e. The Labute approximate surface area is 93.9 Å². The fraction of sp³-hybridized carbons (Fsp3) is 0.636. The van der Waals surface area contributed by atoms with E-state index in [1.165, 1.54) is 5.56 Å². The lowest BCUT2D eigenvalue weighted by atomic mass is 10.1. The summed E-state index contributed by atoms with van der Waals surface area (Å²) in [5.41, 5.74) is 2.09. The zero-order valence-corrected chi connectivity index (χ0v) is 9.20. The maximum atomic E-state index is 11.1. The van der Waals surface area contributed by atoms with Gasteiger partial charge < -0.3 is 10.3 Å². The second-order valence-corrected chi connectivity index (χ2v) is 4.46. The predicted molar refractivity (Wildman–Crippen MR) is 60.4 cm³/mol. The molecule has 0 spiro atoms. The van der Waals surface area contributed by atoms with E-state index in [9.17, 15) is 4.79 Å². The minimum Gasteiger partial charge on any atom is -0.314 e. The van der Waals surface area contributed by atoms with Crippen molar-refractivity contribution < 1.29 is 0 Å². The molecule has 0 aromatic carbocycles. The number of aromatic nitrogens is 2. The summed E-state index contributed by atoms with van der Waals surface area (Å²) in [5, 5.41) is 3.36. The molecule has 1 atom stereocenters. The van der Waals surface area contributed by atoms with Crippen LogP contribution in [0.15, 0.2) is 11.0 Å². The largest absolute Gasteiger partial charge is 0.345 e. The summed E-state index contributed by atoms with van der Waals surface area (Å²) in [6.45, 7) is 4.29. The van der Waals surface area contributed by atoms with E-state index in [-0.39, 0.29) is 5.69 Å². The molecule has 1 fully saturated rings. The number of fused-ring (bicyclic) bond motifs is 1. The molecule has 1 unspecified atom stereocenters. The van der Waals surface area contributed by atoms with Gasteiger partial charge >= 0.3 is 5.69 Å². The van der Waals surface area contributed by atoms with Crippen molar-refractivity contribution in [3.8, 4) is 0 Å². The van der Waals surface area contributed by atoms with Crippen LogP contribution in [-0.2, 0) is 6.42 Å². The minimum absolute atomic E-state index is 0.222. The first-order chi connectivity index (χ1) is 7.84. The summed E-state index contributed by atoms with van der Waals surface area (Å²) in [7, 11) is 0. The molecule has 0 radical (unpaired) electrons. The van der Waals surface area contributed by atoms with Crippen molar-refractivity contribution >= 4 is 0 Å². The van der Waals surface area contributed by atoms with Crippen LogP contribution < -0.4 is 11.0 Å². The smallest absolute Gasteiger partial charge is 0.314 e. The van der Waals surface area contributed by atoms with Gasteiger partial charge in [0.2, 0.25) is 0 Å². The molecule has 1 aromatic rings. The van der Waals surface area contributed by atoms with Crippen LogP contribution in [0.25, 0.3) is 0 Å². The molecule has 2 heterocycles.